The Morgan fingerprint density at radius 2 is 1.12 bits per heavy atom. The fourth-order valence-corrected chi connectivity index (χ4v) is 1.38. The first-order valence-electron chi connectivity index (χ1n) is 4.00. The summed E-state index contributed by atoms with van der Waals surface area (Å²) in [6, 6.07) is 2.00. The maximum absolute atomic E-state index is 11.2. The maximum Gasteiger partial charge on any atom is 1.00 e. The van der Waals surface area contributed by atoms with E-state index in [1.54, 1.807) is 0 Å². The van der Waals surface area contributed by atoms with Crippen molar-refractivity contribution in [2.45, 2.75) is 13.1 Å². The average molecular weight is 242 g/mol. The molecule has 0 radical (unpaired) electrons. The minimum absolute atomic E-state index is 0. The van der Waals surface area contributed by atoms with Crippen molar-refractivity contribution >= 4 is 0 Å². The van der Waals surface area contributed by atoms with Gasteiger partial charge in [0.15, 0.2) is 0 Å². The Balaban J connectivity index is -0.000000562. The molecule has 2 aliphatic rings. The molecule has 8 heteroatoms. The van der Waals surface area contributed by atoms with E-state index < -0.39 is 22.2 Å². The molecule has 0 atom stereocenters. The van der Waals surface area contributed by atoms with Crippen LogP contribution in [-0.2, 0) is 13.1 Å². The Morgan fingerprint density at radius 3 is 1.44 bits per heavy atom. The predicted octanol–water partition coefficient (Wildman–Crippen LogP) is -8.02. The van der Waals surface area contributed by atoms with E-state index in [1.165, 1.54) is 0 Å². The van der Waals surface area contributed by atoms with Crippen molar-refractivity contribution in [3.63, 3.8) is 0 Å². The Kier molecular flexibility index (Phi) is 6.10. The second-order valence-corrected chi connectivity index (χ2v) is 2.92. The number of hydrogen-bond donors (Lipinski definition) is 0. The molecule has 0 aliphatic carbocycles. The summed E-state index contributed by atoms with van der Waals surface area (Å²) >= 11 is 0. The first-order valence-corrected chi connectivity index (χ1v) is 4.00. The van der Waals surface area contributed by atoms with Crippen molar-refractivity contribution in [2.24, 2.45) is 0 Å². The van der Waals surface area contributed by atoms with Gasteiger partial charge in [-0.2, -0.15) is 0 Å². The molecule has 0 amide bonds. The van der Waals surface area contributed by atoms with Crippen LogP contribution in [0.3, 0.4) is 0 Å². The van der Waals surface area contributed by atoms with Crippen molar-refractivity contribution in [2.75, 3.05) is 0 Å². The Labute approximate surface area is 136 Å². The zero-order chi connectivity index (χ0) is 10.3. The van der Waals surface area contributed by atoms with E-state index in [0.717, 1.165) is 21.3 Å². The van der Waals surface area contributed by atoms with E-state index in [0.29, 0.717) is 0 Å². The van der Waals surface area contributed by atoms with Crippen LogP contribution in [0.15, 0.2) is 31.3 Å². The molecular weight excluding hydrogens is 234 g/mol. The van der Waals surface area contributed by atoms with Gasteiger partial charge in [-0.15, -0.1) is 0 Å². The molecule has 0 fully saturated rings. The normalized spacial score (nSPS) is 11.2. The summed E-state index contributed by atoms with van der Waals surface area (Å²) in [5.41, 5.74) is -3.09. The Hall–Kier alpha value is 0.0200. The summed E-state index contributed by atoms with van der Waals surface area (Å²) in [5, 5.41) is 0. The van der Waals surface area contributed by atoms with Crippen molar-refractivity contribution in [1.29, 1.82) is 0 Å². The molecule has 1 aromatic heterocycles. The fraction of sp³-hybridized carbons (Fsp3) is 0.250. The van der Waals surface area contributed by atoms with Crippen LogP contribution in [0.4, 0.5) is 0 Å². The molecule has 6 nitrogen and oxygen atoms in total. The molecule has 2 aliphatic heterocycles. The van der Waals surface area contributed by atoms with Crippen LogP contribution in [0.25, 0.3) is 0 Å². The molecule has 0 N–H and O–H groups in total. The van der Waals surface area contributed by atoms with Crippen LogP contribution >= 0.6 is 0 Å². The molecule has 16 heavy (non-hydrogen) atoms. The van der Waals surface area contributed by atoms with Gasteiger partial charge in [0.2, 0.25) is 0 Å². The van der Waals surface area contributed by atoms with E-state index in [-0.39, 0.29) is 75.1 Å². The van der Waals surface area contributed by atoms with Gasteiger partial charge >= 0.3 is 70.2 Å². The molecule has 0 saturated heterocycles. The van der Waals surface area contributed by atoms with Crippen molar-refractivity contribution in [1.82, 2.24) is 9.13 Å². The number of hydrogen-bond acceptors (Lipinski definition) is 4. The van der Waals surface area contributed by atoms with Crippen molar-refractivity contribution in [3.05, 3.63) is 53.5 Å². The minimum atomic E-state index is -0.932. The molecule has 76 valence electrons. The number of aromatic nitrogens is 2. The number of nitrogens with zero attached hydrogens (tertiary/aromatic N) is 2. The van der Waals surface area contributed by atoms with Crippen molar-refractivity contribution in [3.8, 4) is 0 Å². The quantitative estimate of drug-likeness (QED) is 0.334. The topological polar surface area (TPSA) is 78.1 Å². The van der Waals surface area contributed by atoms with E-state index >= 15 is 0 Å². The van der Waals surface area contributed by atoms with Crippen LogP contribution in [0.1, 0.15) is 2.85 Å². The van der Waals surface area contributed by atoms with E-state index in [4.69, 9.17) is 0 Å². The summed E-state index contributed by atoms with van der Waals surface area (Å²) in [5.74, 6) is 0. The first-order chi connectivity index (χ1) is 6.61. The zero-order valence-electron chi connectivity index (χ0n) is 11.1. The van der Waals surface area contributed by atoms with Crippen LogP contribution in [-0.4, -0.2) is 9.13 Å². The maximum atomic E-state index is 11.2. The third kappa shape index (κ3) is 2.64. The molecule has 1 aromatic rings. The largest absolute Gasteiger partial charge is 1.00 e. The van der Waals surface area contributed by atoms with Gasteiger partial charge in [0.25, 0.3) is 11.1 Å². The van der Waals surface area contributed by atoms with Gasteiger partial charge in [-0.3, -0.25) is 28.3 Å². The van der Waals surface area contributed by atoms with Gasteiger partial charge in [0, 0.05) is 25.2 Å². The first kappa shape index (κ1) is 16.0. The van der Waals surface area contributed by atoms with Crippen molar-refractivity contribution < 1.29 is 62.0 Å². The van der Waals surface area contributed by atoms with Gasteiger partial charge in [-0.25, -0.2) is 0 Å². The predicted molar refractivity (Wildman–Crippen MR) is 49.7 cm³/mol. The molecule has 3 rings (SSSR count). The van der Waals surface area contributed by atoms with E-state index in [9.17, 15) is 19.2 Å². The molecule has 2 bridgehead atoms. The van der Waals surface area contributed by atoms with Crippen LogP contribution in [0.2, 0.25) is 0 Å². The fourth-order valence-electron chi connectivity index (χ4n) is 1.38. The second kappa shape index (κ2) is 6.09. The number of fused-ring (bicyclic) bond motifs is 5. The third-order valence-corrected chi connectivity index (χ3v) is 2.12. The molecule has 0 spiro atoms. The SMILES string of the molecule is O=c1ccc(=O)n2c(=O)c(=O)n1CC2.[H-].[H-].[Na+].[Na+]. The Bertz CT molecular complexity index is 587. The molecule has 0 aromatic carbocycles. The van der Waals surface area contributed by atoms with E-state index in [1.807, 2.05) is 0 Å². The molecule has 0 unspecified atom stereocenters. The average Bonchev–Trinajstić information content (AvgIpc) is 2.16. The molecule has 0 saturated carbocycles. The molecule has 3 heterocycles. The summed E-state index contributed by atoms with van der Waals surface area (Å²) in [6.07, 6.45) is 0. The monoisotopic (exact) mass is 242 g/mol. The number of rotatable bonds is 0. The standard InChI is InChI=1S/C8H6N2O4.2Na.2H/c11-5-1-2-6(12)10-4-3-9(5)7(13)8(10)14;;;;/h1-2H,3-4H2;;;;/q;2*+1;2*-1. The molecular formula is C8H8N2Na2O4. The van der Waals surface area contributed by atoms with Crippen LogP contribution in [0.5, 0.6) is 0 Å². The van der Waals surface area contributed by atoms with Gasteiger partial charge in [-0.1, -0.05) is 0 Å². The van der Waals surface area contributed by atoms with Crippen LogP contribution in [0, 0.1) is 0 Å². The Morgan fingerprint density at radius 1 is 0.812 bits per heavy atom. The van der Waals surface area contributed by atoms with Crippen LogP contribution < -0.4 is 81.4 Å². The summed E-state index contributed by atoms with van der Waals surface area (Å²) in [4.78, 5) is 44.9. The van der Waals surface area contributed by atoms with E-state index in [2.05, 4.69) is 0 Å². The zero-order valence-corrected chi connectivity index (χ0v) is 13.1. The minimum Gasteiger partial charge on any atom is -1.00 e. The second-order valence-electron chi connectivity index (χ2n) is 2.92. The smallest absolute Gasteiger partial charge is 1.00 e. The van der Waals surface area contributed by atoms with Gasteiger partial charge < -0.3 is 2.85 Å². The van der Waals surface area contributed by atoms with Gasteiger partial charge in [-0.05, 0) is 0 Å². The summed E-state index contributed by atoms with van der Waals surface area (Å²) in [7, 11) is 0. The summed E-state index contributed by atoms with van der Waals surface area (Å²) in [6.45, 7) is 0.166. The summed E-state index contributed by atoms with van der Waals surface area (Å²) < 4.78 is 1.67. The van der Waals surface area contributed by atoms with Gasteiger partial charge in [0.05, 0.1) is 0 Å². The van der Waals surface area contributed by atoms with Gasteiger partial charge in [0.1, 0.15) is 0 Å². The third-order valence-electron chi connectivity index (χ3n) is 2.12.